The smallest absolute Gasteiger partial charge is 0.166 e. The Labute approximate surface area is 99.8 Å². The first-order valence-electron chi connectivity index (χ1n) is 5.70. The number of aliphatic hydroxyl groups is 2. The van der Waals surface area contributed by atoms with Crippen LogP contribution in [0.2, 0.25) is 0 Å². The van der Waals surface area contributed by atoms with Crippen molar-refractivity contribution in [2.75, 3.05) is 6.54 Å². The number of hydrogen-bond acceptors (Lipinski definition) is 5. The SMILES string of the molecule is O=CC(=CC1CCC(O)C1O)N1C=NC=CC1. The lowest BCUT2D eigenvalue weighted by Crippen LogP contribution is -2.27. The molecule has 0 aromatic heterocycles. The third-order valence-corrected chi connectivity index (χ3v) is 3.17. The maximum atomic E-state index is 11.0. The summed E-state index contributed by atoms with van der Waals surface area (Å²) in [5.41, 5.74) is 0.483. The molecule has 0 saturated heterocycles. The zero-order valence-corrected chi connectivity index (χ0v) is 9.44. The third-order valence-electron chi connectivity index (χ3n) is 3.17. The van der Waals surface area contributed by atoms with Crippen molar-refractivity contribution in [2.24, 2.45) is 10.9 Å². The number of allylic oxidation sites excluding steroid dienone is 1. The van der Waals surface area contributed by atoms with E-state index >= 15 is 0 Å². The molecule has 1 aliphatic heterocycles. The van der Waals surface area contributed by atoms with E-state index in [0.717, 1.165) is 6.29 Å². The summed E-state index contributed by atoms with van der Waals surface area (Å²) in [4.78, 5) is 16.7. The van der Waals surface area contributed by atoms with Crippen molar-refractivity contribution < 1.29 is 15.0 Å². The van der Waals surface area contributed by atoms with E-state index in [4.69, 9.17) is 0 Å². The van der Waals surface area contributed by atoms with Gasteiger partial charge in [0.1, 0.15) is 0 Å². The molecule has 1 saturated carbocycles. The van der Waals surface area contributed by atoms with Gasteiger partial charge in [-0.3, -0.25) is 4.79 Å². The molecule has 0 radical (unpaired) electrons. The molecule has 1 fully saturated rings. The monoisotopic (exact) mass is 236 g/mol. The highest BCUT2D eigenvalue weighted by Crippen LogP contribution is 2.28. The molecular formula is C12H16N2O3. The molecule has 2 N–H and O–H groups in total. The average molecular weight is 236 g/mol. The minimum absolute atomic E-state index is 0.162. The summed E-state index contributed by atoms with van der Waals surface area (Å²) in [6.07, 6.45) is 7.38. The lowest BCUT2D eigenvalue weighted by atomic mass is 10.0. The fraction of sp³-hybridized carbons (Fsp3) is 0.500. The van der Waals surface area contributed by atoms with Crippen LogP contribution in [0.4, 0.5) is 0 Å². The second kappa shape index (κ2) is 5.25. The molecule has 2 rings (SSSR count). The Kier molecular flexibility index (Phi) is 3.71. The molecule has 0 aromatic rings. The molecule has 0 bridgehead atoms. The standard InChI is InChI=1S/C12H16N2O3/c15-7-10(14-5-1-4-13-8-14)6-9-2-3-11(16)12(9)17/h1,4,6-9,11-12,16-17H,2-3,5H2. The quantitative estimate of drug-likeness (QED) is 0.537. The molecule has 0 spiro atoms. The molecule has 5 nitrogen and oxygen atoms in total. The maximum Gasteiger partial charge on any atom is 0.166 e. The molecule has 1 heterocycles. The molecule has 2 aliphatic rings. The maximum absolute atomic E-state index is 11.0. The number of carbonyl (C=O) groups excluding carboxylic acids is 1. The van der Waals surface area contributed by atoms with Crippen molar-refractivity contribution in [2.45, 2.75) is 25.0 Å². The number of nitrogens with zero attached hydrogens (tertiary/aromatic N) is 2. The predicted octanol–water partition coefficient (Wildman–Crippen LogP) is 0.0586. The van der Waals surface area contributed by atoms with Crippen molar-refractivity contribution in [1.82, 2.24) is 4.90 Å². The summed E-state index contributed by atoms with van der Waals surface area (Å²) in [6, 6.07) is 0. The summed E-state index contributed by atoms with van der Waals surface area (Å²) in [6.45, 7) is 0.597. The molecule has 0 amide bonds. The minimum atomic E-state index is -0.776. The normalized spacial score (nSPS) is 33.2. The van der Waals surface area contributed by atoms with Crippen LogP contribution < -0.4 is 0 Å². The fourth-order valence-electron chi connectivity index (χ4n) is 2.15. The van der Waals surface area contributed by atoms with Gasteiger partial charge in [0.15, 0.2) is 6.29 Å². The van der Waals surface area contributed by atoms with E-state index in [2.05, 4.69) is 4.99 Å². The van der Waals surface area contributed by atoms with Crippen LogP contribution in [0.1, 0.15) is 12.8 Å². The average Bonchev–Trinajstić information content (AvgIpc) is 2.68. The molecular weight excluding hydrogens is 220 g/mol. The Balaban J connectivity index is 2.10. The summed E-state index contributed by atoms with van der Waals surface area (Å²) in [5, 5.41) is 19.2. The number of aliphatic imine (C=N–C) groups is 1. The Morgan fingerprint density at radius 1 is 1.41 bits per heavy atom. The first-order chi connectivity index (χ1) is 8.22. The minimum Gasteiger partial charge on any atom is -0.390 e. The van der Waals surface area contributed by atoms with Crippen LogP contribution in [-0.2, 0) is 4.79 Å². The van der Waals surface area contributed by atoms with Gasteiger partial charge in [-0.25, -0.2) is 4.99 Å². The van der Waals surface area contributed by atoms with Gasteiger partial charge in [0, 0.05) is 18.7 Å². The van der Waals surface area contributed by atoms with Gasteiger partial charge in [0.05, 0.1) is 24.2 Å². The third kappa shape index (κ3) is 2.62. The summed E-state index contributed by atoms with van der Waals surface area (Å²) in [7, 11) is 0. The Morgan fingerprint density at radius 3 is 2.76 bits per heavy atom. The first kappa shape index (κ1) is 12.0. The number of aldehydes is 1. The molecule has 5 heteroatoms. The number of hydrogen-bond donors (Lipinski definition) is 2. The van der Waals surface area contributed by atoms with E-state index in [1.165, 1.54) is 0 Å². The molecule has 3 unspecified atom stereocenters. The van der Waals surface area contributed by atoms with Gasteiger partial charge in [0.25, 0.3) is 0 Å². The van der Waals surface area contributed by atoms with E-state index in [1.54, 1.807) is 23.5 Å². The largest absolute Gasteiger partial charge is 0.390 e. The Hall–Kier alpha value is -1.46. The van der Waals surface area contributed by atoms with Crippen LogP contribution in [0.15, 0.2) is 29.0 Å². The molecule has 17 heavy (non-hydrogen) atoms. The Bertz CT molecular complexity index is 376. The highest BCUT2D eigenvalue weighted by atomic mass is 16.3. The summed E-state index contributed by atoms with van der Waals surface area (Å²) in [5.74, 6) is -0.162. The Morgan fingerprint density at radius 2 is 2.24 bits per heavy atom. The highest BCUT2D eigenvalue weighted by Gasteiger charge is 2.32. The molecule has 3 atom stereocenters. The first-order valence-corrected chi connectivity index (χ1v) is 5.70. The van der Waals surface area contributed by atoms with Gasteiger partial charge >= 0.3 is 0 Å². The van der Waals surface area contributed by atoms with Crippen molar-refractivity contribution in [3.63, 3.8) is 0 Å². The van der Waals surface area contributed by atoms with E-state index in [-0.39, 0.29) is 5.92 Å². The number of aliphatic hydroxyl groups excluding tert-OH is 2. The lowest BCUT2D eigenvalue weighted by molar-refractivity contribution is -0.105. The van der Waals surface area contributed by atoms with E-state index in [1.807, 2.05) is 6.08 Å². The van der Waals surface area contributed by atoms with E-state index in [0.29, 0.717) is 25.1 Å². The van der Waals surface area contributed by atoms with Crippen LogP contribution in [0.5, 0.6) is 0 Å². The molecule has 1 aliphatic carbocycles. The van der Waals surface area contributed by atoms with Crippen LogP contribution >= 0.6 is 0 Å². The van der Waals surface area contributed by atoms with Gasteiger partial charge in [-0.15, -0.1) is 0 Å². The van der Waals surface area contributed by atoms with Crippen LogP contribution in [0.25, 0.3) is 0 Å². The zero-order valence-electron chi connectivity index (χ0n) is 9.44. The van der Waals surface area contributed by atoms with Crippen molar-refractivity contribution in [3.05, 3.63) is 24.0 Å². The van der Waals surface area contributed by atoms with Gasteiger partial charge in [-0.1, -0.05) is 6.08 Å². The van der Waals surface area contributed by atoms with Crippen LogP contribution in [0.3, 0.4) is 0 Å². The van der Waals surface area contributed by atoms with Crippen molar-refractivity contribution in [3.8, 4) is 0 Å². The van der Waals surface area contributed by atoms with E-state index in [9.17, 15) is 15.0 Å². The van der Waals surface area contributed by atoms with Gasteiger partial charge < -0.3 is 15.1 Å². The highest BCUT2D eigenvalue weighted by molar-refractivity contribution is 5.79. The lowest BCUT2D eigenvalue weighted by Gasteiger charge is -2.21. The number of carbonyl (C=O) groups is 1. The predicted molar refractivity (Wildman–Crippen MR) is 63.2 cm³/mol. The van der Waals surface area contributed by atoms with Crippen LogP contribution in [-0.4, -0.2) is 46.5 Å². The number of rotatable bonds is 3. The van der Waals surface area contributed by atoms with Gasteiger partial charge in [-0.05, 0) is 18.9 Å². The molecule has 92 valence electrons. The van der Waals surface area contributed by atoms with Gasteiger partial charge in [-0.2, -0.15) is 0 Å². The van der Waals surface area contributed by atoms with Crippen molar-refractivity contribution in [1.29, 1.82) is 0 Å². The zero-order chi connectivity index (χ0) is 12.3. The van der Waals surface area contributed by atoms with Gasteiger partial charge in [0.2, 0.25) is 0 Å². The van der Waals surface area contributed by atoms with E-state index < -0.39 is 12.2 Å². The fourth-order valence-corrected chi connectivity index (χ4v) is 2.15. The summed E-state index contributed by atoms with van der Waals surface area (Å²) < 4.78 is 0. The van der Waals surface area contributed by atoms with Crippen molar-refractivity contribution >= 4 is 12.6 Å². The summed E-state index contributed by atoms with van der Waals surface area (Å²) >= 11 is 0. The molecule has 0 aromatic carbocycles. The second-order valence-electron chi connectivity index (χ2n) is 4.31. The second-order valence-corrected chi connectivity index (χ2v) is 4.31. The topological polar surface area (TPSA) is 73.1 Å². The van der Waals surface area contributed by atoms with Crippen LogP contribution in [0, 0.1) is 5.92 Å².